The molecule has 0 fully saturated rings. The van der Waals surface area contributed by atoms with Crippen LogP contribution in [0.25, 0.3) is 0 Å². The molecule has 0 aliphatic heterocycles. The average Bonchev–Trinajstić information content (AvgIpc) is 1.61. The van der Waals surface area contributed by atoms with E-state index in [1.165, 1.54) is 0 Å². The first-order valence-corrected chi connectivity index (χ1v) is 3.47. The maximum atomic E-state index is 9.66. The van der Waals surface area contributed by atoms with Crippen LogP contribution in [0.3, 0.4) is 0 Å². The highest BCUT2D eigenvalue weighted by molar-refractivity contribution is 7.23. The molecule has 36 valence electrons. The van der Waals surface area contributed by atoms with E-state index >= 15 is 0 Å². The lowest BCUT2D eigenvalue weighted by Gasteiger charge is -1.70. The first-order chi connectivity index (χ1) is 2.91. The third-order valence-corrected chi connectivity index (χ3v) is 1.24. The van der Waals surface area contributed by atoms with Crippen molar-refractivity contribution in [2.45, 2.75) is 6.42 Å². The Morgan fingerprint density at radius 1 is 1.67 bits per heavy atom. The molecule has 0 aromatic rings. The predicted octanol–water partition coefficient (Wildman–Crippen LogP) is 1.64. The smallest absolute Gasteiger partial charge is 0.127 e. The van der Waals surface area contributed by atoms with Crippen molar-refractivity contribution in [1.29, 1.82) is 0 Å². The molecule has 0 bridgehead atoms. The van der Waals surface area contributed by atoms with Crippen LogP contribution >= 0.6 is 20.1 Å². The molecule has 1 atom stereocenters. The molecule has 0 saturated heterocycles. The Bertz CT molecular complexity index is 39.8. The predicted molar refractivity (Wildman–Crippen MR) is 29.2 cm³/mol. The van der Waals surface area contributed by atoms with Crippen molar-refractivity contribution in [2.24, 2.45) is 0 Å². The fourth-order valence-electron chi connectivity index (χ4n) is 0.139. The van der Waals surface area contributed by atoms with Crippen LogP contribution in [0.2, 0.25) is 0 Å². The van der Waals surface area contributed by atoms with Gasteiger partial charge in [-0.3, -0.25) is 0 Å². The third-order valence-electron chi connectivity index (χ3n) is 0.412. The van der Waals surface area contributed by atoms with Gasteiger partial charge in [-0.05, 0) is 0 Å². The zero-order chi connectivity index (χ0) is 4.83. The molecular formula is C3H7ClOP+. The van der Waals surface area contributed by atoms with Crippen LogP contribution in [0.5, 0.6) is 0 Å². The van der Waals surface area contributed by atoms with Crippen LogP contribution in [0.4, 0.5) is 0 Å². The Morgan fingerprint density at radius 3 is 2.50 bits per heavy atom. The van der Waals surface area contributed by atoms with E-state index in [0.29, 0.717) is 5.88 Å². The molecule has 6 heavy (non-hydrogen) atoms. The van der Waals surface area contributed by atoms with Crippen molar-refractivity contribution in [3.63, 3.8) is 0 Å². The van der Waals surface area contributed by atoms with E-state index in [9.17, 15) is 4.57 Å². The Hall–Kier alpha value is 0.390. The quantitative estimate of drug-likeness (QED) is 0.318. The van der Waals surface area contributed by atoms with Crippen LogP contribution < -0.4 is 0 Å². The van der Waals surface area contributed by atoms with Crippen molar-refractivity contribution in [3.8, 4) is 0 Å². The fourth-order valence-corrected chi connectivity index (χ4v) is 0.818. The SMILES string of the molecule is O=[PH+]CCCCl. The van der Waals surface area contributed by atoms with E-state index in [1.807, 2.05) is 0 Å². The van der Waals surface area contributed by atoms with Gasteiger partial charge >= 0.3 is 8.46 Å². The van der Waals surface area contributed by atoms with Crippen LogP contribution in [0.1, 0.15) is 6.42 Å². The molecule has 1 nitrogen and oxygen atoms in total. The van der Waals surface area contributed by atoms with Crippen LogP contribution in [0, 0.1) is 0 Å². The summed E-state index contributed by atoms with van der Waals surface area (Å²) in [7, 11) is -0.170. The topological polar surface area (TPSA) is 17.1 Å². The van der Waals surface area contributed by atoms with E-state index in [0.717, 1.165) is 12.6 Å². The van der Waals surface area contributed by atoms with E-state index in [-0.39, 0.29) is 8.46 Å². The second-order valence-electron chi connectivity index (χ2n) is 0.937. The summed E-state index contributed by atoms with van der Waals surface area (Å²) >= 11 is 5.25. The Balaban J connectivity index is 2.49. The van der Waals surface area contributed by atoms with Gasteiger partial charge in [-0.2, -0.15) is 0 Å². The van der Waals surface area contributed by atoms with Gasteiger partial charge in [-0.25, -0.2) is 0 Å². The summed E-state index contributed by atoms with van der Waals surface area (Å²) in [4.78, 5) is 0. The lowest BCUT2D eigenvalue weighted by Crippen LogP contribution is -1.71. The Kier molecular flexibility index (Phi) is 5.74. The first kappa shape index (κ1) is 6.39. The minimum Gasteiger partial charge on any atom is -0.127 e. The lowest BCUT2D eigenvalue weighted by molar-refractivity contribution is 0.598. The van der Waals surface area contributed by atoms with Crippen LogP contribution in [0.15, 0.2) is 0 Å². The second kappa shape index (κ2) is 5.39. The Morgan fingerprint density at radius 2 is 2.33 bits per heavy atom. The second-order valence-corrected chi connectivity index (χ2v) is 2.10. The molecule has 0 aliphatic rings. The maximum absolute atomic E-state index is 9.66. The van der Waals surface area contributed by atoms with Gasteiger partial charge in [-0.15, -0.1) is 11.6 Å². The van der Waals surface area contributed by atoms with E-state index in [1.54, 1.807) is 0 Å². The van der Waals surface area contributed by atoms with Crippen molar-refractivity contribution in [3.05, 3.63) is 0 Å². The lowest BCUT2D eigenvalue weighted by atomic mass is 10.6. The first-order valence-electron chi connectivity index (χ1n) is 1.82. The highest BCUT2D eigenvalue weighted by atomic mass is 35.5. The van der Waals surface area contributed by atoms with Crippen molar-refractivity contribution >= 4 is 20.1 Å². The minimum absolute atomic E-state index is 0.170. The monoisotopic (exact) mass is 125 g/mol. The Labute approximate surface area is 43.9 Å². The van der Waals surface area contributed by atoms with Gasteiger partial charge in [0.05, 0.1) is 0 Å². The van der Waals surface area contributed by atoms with Crippen molar-refractivity contribution in [1.82, 2.24) is 0 Å². The highest BCUT2D eigenvalue weighted by Crippen LogP contribution is 1.94. The minimum atomic E-state index is -0.170. The summed E-state index contributed by atoms with van der Waals surface area (Å²) in [5.41, 5.74) is 0. The normalized spacial score (nSPS) is 9.50. The maximum Gasteiger partial charge on any atom is 0.324 e. The number of rotatable bonds is 3. The third kappa shape index (κ3) is 4.39. The molecule has 0 aromatic heterocycles. The fraction of sp³-hybridized carbons (Fsp3) is 1.00. The van der Waals surface area contributed by atoms with Crippen molar-refractivity contribution in [2.75, 3.05) is 12.0 Å². The van der Waals surface area contributed by atoms with Crippen LogP contribution in [-0.4, -0.2) is 12.0 Å². The van der Waals surface area contributed by atoms with Gasteiger partial charge < -0.3 is 0 Å². The van der Waals surface area contributed by atoms with E-state index in [4.69, 9.17) is 11.6 Å². The summed E-state index contributed by atoms with van der Waals surface area (Å²) in [6, 6.07) is 0. The molecule has 0 rings (SSSR count). The number of hydrogen-bond donors (Lipinski definition) is 0. The molecule has 3 heteroatoms. The zero-order valence-corrected chi connectivity index (χ0v) is 5.16. The zero-order valence-electron chi connectivity index (χ0n) is 3.41. The summed E-state index contributed by atoms with van der Waals surface area (Å²) in [6.07, 6.45) is 1.63. The number of alkyl halides is 1. The van der Waals surface area contributed by atoms with Gasteiger partial charge in [0, 0.05) is 12.3 Å². The molecule has 0 aromatic carbocycles. The largest absolute Gasteiger partial charge is 0.324 e. The highest BCUT2D eigenvalue weighted by Gasteiger charge is 1.85. The van der Waals surface area contributed by atoms with Gasteiger partial charge in [0.1, 0.15) is 6.16 Å². The number of hydrogen-bond acceptors (Lipinski definition) is 1. The average molecular weight is 126 g/mol. The molecule has 0 saturated carbocycles. The van der Waals surface area contributed by atoms with Gasteiger partial charge in [0.15, 0.2) is 0 Å². The van der Waals surface area contributed by atoms with Crippen LogP contribution in [-0.2, 0) is 4.57 Å². The molecule has 0 spiro atoms. The van der Waals surface area contributed by atoms with E-state index < -0.39 is 0 Å². The van der Waals surface area contributed by atoms with Gasteiger partial charge in [0.2, 0.25) is 0 Å². The molecule has 0 radical (unpaired) electrons. The van der Waals surface area contributed by atoms with Crippen molar-refractivity contribution < 1.29 is 4.57 Å². The van der Waals surface area contributed by atoms with E-state index in [2.05, 4.69) is 0 Å². The molecule has 0 amide bonds. The van der Waals surface area contributed by atoms with Gasteiger partial charge in [0.25, 0.3) is 0 Å². The number of halogens is 1. The summed E-state index contributed by atoms with van der Waals surface area (Å²) in [6.45, 7) is 0. The summed E-state index contributed by atoms with van der Waals surface area (Å²) in [5.74, 6) is 0.634. The summed E-state index contributed by atoms with van der Waals surface area (Å²) < 4.78 is 9.66. The molecule has 1 unspecified atom stereocenters. The summed E-state index contributed by atoms with van der Waals surface area (Å²) in [5, 5.41) is 0. The molecule has 0 heterocycles. The molecular weight excluding hydrogens is 118 g/mol. The standard InChI is InChI=1S/C3H6ClOP/c4-2-1-3-6-5/h1-3H2/p+1. The molecule has 0 N–H and O–H groups in total. The molecule has 0 aliphatic carbocycles. The van der Waals surface area contributed by atoms with Gasteiger partial charge in [-0.1, -0.05) is 4.57 Å².